The smallest absolute Gasteiger partial charge is 0.338 e. The van der Waals surface area contributed by atoms with Crippen LogP contribution in [0.25, 0.3) is 10.4 Å². The van der Waals surface area contributed by atoms with Gasteiger partial charge in [0.25, 0.3) is 5.92 Å². The molecular weight excluding hydrogens is 436 g/mol. The van der Waals surface area contributed by atoms with E-state index >= 15 is 8.78 Å². The van der Waals surface area contributed by atoms with Crippen LogP contribution in [0.5, 0.6) is 0 Å². The molecule has 3 atom stereocenters. The summed E-state index contributed by atoms with van der Waals surface area (Å²) in [5, 5.41) is 3.22. The van der Waals surface area contributed by atoms with Crippen molar-refractivity contribution in [3.05, 3.63) is 82.2 Å². The van der Waals surface area contributed by atoms with E-state index in [1.165, 1.54) is 12.1 Å². The highest BCUT2D eigenvalue weighted by molar-refractivity contribution is 5.89. The summed E-state index contributed by atoms with van der Waals surface area (Å²) >= 11 is 0. The predicted molar refractivity (Wildman–Crippen MR) is 115 cm³/mol. The minimum atomic E-state index is -3.74. The lowest BCUT2D eigenvalue weighted by Crippen LogP contribution is -2.53. The molecule has 0 aromatic heterocycles. The molecule has 2 aromatic rings. The zero-order valence-electron chi connectivity index (χ0n) is 18.3. The molecule has 0 spiro atoms. The van der Waals surface area contributed by atoms with Gasteiger partial charge < -0.3 is 18.9 Å². The molecule has 3 rings (SSSR count). The van der Waals surface area contributed by atoms with Crippen LogP contribution in [0.2, 0.25) is 0 Å². The first-order valence-electron chi connectivity index (χ1n) is 10.3. The maximum absolute atomic E-state index is 15.7. The second-order valence-corrected chi connectivity index (χ2v) is 7.94. The van der Waals surface area contributed by atoms with Crippen LogP contribution in [0.1, 0.15) is 29.8 Å². The van der Waals surface area contributed by atoms with Crippen LogP contribution in [-0.4, -0.2) is 49.1 Å². The second-order valence-electron chi connectivity index (χ2n) is 7.94. The van der Waals surface area contributed by atoms with Crippen LogP contribution in [-0.2, 0) is 25.6 Å². The van der Waals surface area contributed by atoms with E-state index in [1.54, 1.807) is 62.4 Å². The van der Waals surface area contributed by atoms with Crippen molar-refractivity contribution in [3.63, 3.8) is 0 Å². The molecule has 10 heteroatoms. The first-order valence-corrected chi connectivity index (χ1v) is 10.3. The Morgan fingerprint density at radius 1 is 1.21 bits per heavy atom. The fraction of sp³-hybridized carbons (Fsp3) is 0.435. The van der Waals surface area contributed by atoms with E-state index in [4.69, 9.17) is 24.5 Å². The Bertz CT molecular complexity index is 969. The maximum atomic E-state index is 15.7. The molecule has 0 unspecified atom stereocenters. The number of alkyl halides is 2. The lowest BCUT2D eigenvalue weighted by Gasteiger charge is -2.34. The van der Waals surface area contributed by atoms with E-state index in [0.29, 0.717) is 5.56 Å². The number of hydrogen-bond donors (Lipinski definition) is 0. The minimum absolute atomic E-state index is 0.131. The van der Waals surface area contributed by atoms with E-state index in [1.807, 2.05) is 0 Å². The molecule has 1 fully saturated rings. The molecular formula is C23H25F2N3O5. The van der Waals surface area contributed by atoms with Crippen molar-refractivity contribution in [3.8, 4) is 0 Å². The summed E-state index contributed by atoms with van der Waals surface area (Å²) in [5.41, 5.74) is 9.77. The Balaban J connectivity index is 1.79. The first kappa shape index (κ1) is 24.6. The molecule has 0 amide bonds. The van der Waals surface area contributed by atoms with Gasteiger partial charge in [-0.1, -0.05) is 53.6 Å². The van der Waals surface area contributed by atoms with Gasteiger partial charge in [0.05, 0.1) is 18.8 Å². The fourth-order valence-electron chi connectivity index (χ4n) is 3.38. The van der Waals surface area contributed by atoms with Gasteiger partial charge in [0.2, 0.25) is 0 Å². The number of hydrogen-bond acceptors (Lipinski definition) is 6. The SMILES string of the molecule is CC1(C)OC[C@H]([C@@H](OCc2ccccc2)C(F)(F)[C@H](COC(=O)c2ccccc2)N=[N+]=[N-])O1. The summed E-state index contributed by atoms with van der Waals surface area (Å²) in [6.45, 7) is 2.09. The van der Waals surface area contributed by atoms with Gasteiger partial charge in [0.15, 0.2) is 11.9 Å². The van der Waals surface area contributed by atoms with Gasteiger partial charge in [-0.25, -0.2) is 13.6 Å². The summed E-state index contributed by atoms with van der Waals surface area (Å²) in [6, 6.07) is 14.7. The number of rotatable bonds is 10. The van der Waals surface area contributed by atoms with Crippen LogP contribution in [0.4, 0.5) is 8.78 Å². The van der Waals surface area contributed by atoms with Crippen LogP contribution in [0.3, 0.4) is 0 Å². The zero-order valence-corrected chi connectivity index (χ0v) is 18.3. The summed E-state index contributed by atoms with van der Waals surface area (Å²) in [7, 11) is 0. The Hall–Kier alpha value is -3.04. The Kier molecular flexibility index (Phi) is 7.99. The highest BCUT2D eigenvalue weighted by atomic mass is 19.3. The number of benzene rings is 2. The minimum Gasteiger partial charge on any atom is -0.461 e. The Morgan fingerprint density at radius 2 is 1.85 bits per heavy atom. The lowest BCUT2D eigenvalue weighted by molar-refractivity contribution is -0.216. The summed E-state index contributed by atoms with van der Waals surface area (Å²) in [4.78, 5) is 14.8. The molecule has 176 valence electrons. The predicted octanol–water partition coefficient (Wildman–Crippen LogP) is 4.89. The van der Waals surface area contributed by atoms with Gasteiger partial charge in [0, 0.05) is 4.91 Å². The molecule has 2 aromatic carbocycles. The summed E-state index contributed by atoms with van der Waals surface area (Å²) in [5.74, 6) is -5.64. The van der Waals surface area contributed by atoms with E-state index in [2.05, 4.69) is 10.0 Å². The van der Waals surface area contributed by atoms with E-state index < -0.39 is 42.5 Å². The van der Waals surface area contributed by atoms with Crippen molar-refractivity contribution in [1.82, 2.24) is 0 Å². The van der Waals surface area contributed by atoms with Crippen LogP contribution in [0, 0.1) is 0 Å². The van der Waals surface area contributed by atoms with Gasteiger partial charge in [-0.15, -0.1) is 0 Å². The molecule has 33 heavy (non-hydrogen) atoms. The van der Waals surface area contributed by atoms with Crippen molar-refractivity contribution in [2.24, 2.45) is 5.11 Å². The van der Waals surface area contributed by atoms with E-state index in [-0.39, 0.29) is 18.8 Å². The number of halogens is 2. The number of esters is 1. The van der Waals surface area contributed by atoms with Crippen molar-refractivity contribution >= 4 is 5.97 Å². The van der Waals surface area contributed by atoms with Gasteiger partial charge in [-0.3, -0.25) is 0 Å². The molecule has 0 saturated carbocycles. The number of carbonyl (C=O) groups excluding carboxylic acids is 1. The van der Waals surface area contributed by atoms with Gasteiger partial charge >= 0.3 is 5.97 Å². The zero-order chi connectivity index (χ0) is 23.9. The number of ether oxygens (including phenoxy) is 4. The standard InChI is InChI=1S/C23H25F2N3O5/c1-22(2)32-14-18(33-22)20(30-13-16-9-5-3-6-10-16)23(24,25)19(27-28-26)15-31-21(29)17-11-7-4-8-12-17/h3-12,18-20H,13-15H2,1-2H3/t18-,19+,20-/m1/s1. The van der Waals surface area contributed by atoms with Gasteiger partial charge in [-0.2, -0.15) is 0 Å². The third kappa shape index (κ3) is 6.49. The van der Waals surface area contributed by atoms with Crippen molar-refractivity contribution < 1.29 is 32.5 Å². The average molecular weight is 461 g/mol. The molecule has 1 aliphatic rings. The third-order valence-corrected chi connectivity index (χ3v) is 5.04. The van der Waals surface area contributed by atoms with E-state index in [9.17, 15) is 4.79 Å². The van der Waals surface area contributed by atoms with Gasteiger partial charge in [0.1, 0.15) is 18.8 Å². The largest absolute Gasteiger partial charge is 0.461 e. The Labute approximate surface area is 190 Å². The molecule has 1 saturated heterocycles. The number of nitrogens with zero attached hydrogens (tertiary/aromatic N) is 3. The monoisotopic (exact) mass is 461 g/mol. The highest BCUT2D eigenvalue weighted by Gasteiger charge is 2.55. The molecule has 0 aliphatic carbocycles. The van der Waals surface area contributed by atoms with Gasteiger partial charge in [-0.05, 0) is 37.1 Å². The summed E-state index contributed by atoms with van der Waals surface area (Å²) < 4.78 is 53.1. The molecule has 1 aliphatic heterocycles. The normalized spacial score (nSPS) is 19.3. The third-order valence-electron chi connectivity index (χ3n) is 5.04. The molecule has 0 radical (unpaired) electrons. The van der Waals surface area contributed by atoms with Crippen molar-refractivity contribution in [2.75, 3.05) is 13.2 Å². The van der Waals surface area contributed by atoms with Crippen LogP contribution < -0.4 is 0 Å². The quantitative estimate of drug-likeness (QED) is 0.217. The first-order chi connectivity index (χ1) is 15.7. The highest BCUT2D eigenvalue weighted by Crippen LogP contribution is 2.36. The van der Waals surface area contributed by atoms with Crippen molar-refractivity contribution in [1.29, 1.82) is 0 Å². The number of azide groups is 1. The topological polar surface area (TPSA) is 103 Å². The fourth-order valence-corrected chi connectivity index (χ4v) is 3.38. The number of carbonyl (C=O) groups is 1. The molecule has 8 nitrogen and oxygen atoms in total. The van der Waals surface area contributed by atoms with Crippen LogP contribution in [0.15, 0.2) is 65.8 Å². The van der Waals surface area contributed by atoms with E-state index in [0.717, 1.165) is 0 Å². The second kappa shape index (κ2) is 10.7. The maximum Gasteiger partial charge on any atom is 0.338 e. The summed E-state index contributed by atoms with van der Waals surface area (Å²) in [6.07, 6.45) is -2.97. The Morgan fingerprint density at radius 3 is 2.42 bits per heavy atom. The molecule has 0 N–H and O–H groups in total. The average Bonchev–Trinajstić information content (AvgIpc) is 3.16. The van der Waals surface area contributed by atoms with Crippen molar-refractivity contribution in [2.45, 2.75) is 50.4 Å². The molecule has 1 heterocycles. The van der Waals surface area contributed by atoms with Crippen LogP contribution >= 0.6 is 0 Å². The molecule has 0 bridgehead atoms. The lowest BCUT2D eigenvalue weighted by atomic mass is 10.0.